The van der Waals surface area contributed by atoms with Gasteiger partial charge in [0.2, 0.25) is 10.0 Å². The van der Waals surface area contributed by atoms with E-state index in [1.807, 2.05) is 6.92 Å². The number of aryl methyl sites for hydroxylation is 1. The smallest absolute Gasteiger partial charge is 0.245 e. The van der Waals surface area contributed by atoms with Crippen LogP contribution in [-0.2, 0) is 10.0 Å². The molecule has 1 saturated heterocycles. The van der Waals surface area contributed by atoms with Crippen LogP contribution in [0.2, 0.25) is 0 Å². The normalized spacial score (nSPS) is 20.5. The van der Waals surface area contributed by atoms with Crippen molar-refractivity contribution < 1.29 is 8.42 Å². The molecule has 0 bridgehead atoms. The minimum absolute atomic E-state index is 0.0840. The summed E-state index contributed by atoms with van der Waals surface area (Å²) in [6.45, 7) is 1.89. The average Bonchev–Trinajstić information content (AvgIpc) is 2.80. The van der Waals surface area contributed by atoms with Gasteiger partial charge in [0, 0.05) is 18.8 Å². The van der Waals surface area contributed by atoms with Crippen molar-refractivity contribution in [2.24, 2.45) is 0 Å². The number of thioether (sulfide) groups is 1. The minimum Gasteiger partial charge on any atom is -0.398 e. The maximum atomic E-state index is 12.5. The van der Waals surface area contributed by atoms with E-state index >= 15 is 0 Å². The number of anilines is 1. The topological polar surface area (TPSA) is 63.4 Å². The van der Waals surface area contributed by atoms with Gasteiger partial charge in [0.05, 0.1) is 5.69 Å². The van der Waals surface area contributed by atoms with Crippen LogP contribution in [0.4, 0.5) is 5.69 Å². The molecule has 2 N–H and O–H groups in total. The van der Waals surface area contributed by atoms with Crippen molar-refractivity contribution in [1.82, 2.24) is 4.31 Å². The number of hydrogen-bond acceptors (Lipinski definition) is 4. The largest absolute Gasteiger partial charge is 0.398 e. The number of benzene rings is 1. The summed E-state index contributed by atoms with van der Waals surface area (Å²) >= 11 is 1.79. The molecule has 0 aromatic heterocycles. The first kappa shape index (κ1) is 13.7. The van der Waals surface area contributed by atoms with Crippen LogP contribution in [0.15, 0.2) is 23.1 Å². The average molecular weight is 286 g/mol. The van der Waals surface area contributed by atoms with Gasteiger partial charge < -0.3 is 5.73 Å². The Bertz CT molecular complexity index is 537. The number of rotatable bonds is 3. The third-order valence-corrected chi connectivity index (χ3v) is 6.37. The number of nitrogen functional groups attached to an aromatic ring is 1. The first-order valence-electron chi connectivity index (χ1n) is 5.85. The van der Waals surface area contributed by atoms with Crippen molar-refractivity contribution in [3.05, 3.63) is 23.8 Å². The Kier molecular flexibility index (Phi) is 3.89. The van der Waals surface area contributed by atoms with Crippen LogP contribution in [0, 0.1) is 6.92 Å². The molecule has 1 unspecified atom stereocenters. The van der Waals surface area contributed by atoms with Crippen LogP contribution in [0.3, 0.4) is 0 Å². The Labute approximate surface area is 113 Å². The molecule has 0 spiro atoms. The first-order valence-corrected chi connectivity index (χ1v) is 8.44. The highest BCUT2D eigenvalue weighted by atomic mass is 32.2. The van der Waals surface area contributed by atoms with Crippen molar-refractivity contribution in [2.75, 3.05) is 24.3 Å². The molecule has 4 nitrogen and oxygen atoms in total. The van der Waals surface area contributed by atoms with Gasteiger partial charge in [-0.1, -0.05) is 6.07 Å². The molecular weight excluding hydrogens is 268 g/mol. The molecule has 0 amide bonds. The van der Waals surface area contributed by atoms with E-state index in [4.69, 9.17) is 5.73 Å². The molecule has 0 aliphatic carbocycles. The fraction of sp³-hybridized carbons (Fsp3) is 0.500. The van der Waals surface area contributed by atoms with Gasteiger partial charge in [-0.05, 0) is 36.8 Å². The molecule has 0 radical (unpaired) electrons. The van der Waals surface area contributed by atoms with E-state index < -0.39 is 10.0 Å². The molecule has 1 aromatic rings. The number of hydrogen-bond donors (Lipinski definition) is 1. The van der Waals surface area contributed by atoms with Crippen LogP contribution in [0.25, 0.3) is 0 Å². The first-order chi connectivity index (χ1) is 8.43. The van der Waals surface area contributed by atoms with E-state index in [1.165, 1.54) is 4.31 Å². The summed E-state index contributed by atoms with van der Waals surface area (Å²) in [5.74, 6) is 1.88. The van der Waals surface area contributed by atoms with Gasteiger partial charge in [-0.3, -0.25) is 0 Å². The zero-order chi connectivity index (χ0) is 13.3. The molecule has 2 rings (SSSR count). The van der Waals surface area contributed by atoms with Crippen LogP contribution in [0.1, 0.15) is 12.0 Å². The highest BCUT2D eigenvalue weighted by molar-refractivity contribution is 7.99. The highest BCUT2D eigenvalue weighted by Crippen LogP contribution is 2.28. The Morgan fingerprint density at radius 2 is 2.17 bits per heavy atom. The zero-order valence-corrected chi connectivity index (χ0v) is 12.2. The summed E-state index contributed by atoms with van der Waals surface area (Å²) in [4.78, 5) is 0.215. The van der Waals surface area contributed by atoms with Gasteiger partial charge in [-0.2, -0.15) is 16.1 Å². The molecule has 100 valence electrons. The van der Waals surface area contributed by atoms with Crippen molar-refractivity contribution >= 4 is 27.5 Å². The SMILES string of the molecule is Cc1ccc(S(=O)(=O)N(C)C2CCSC2)c(N)c1. The highest BCUT2D eigenvalue weighted by Gasteiger charge is 2.31. The van der Waals surface area contributed by atoms with Gasteiger partial charge in [-0.15, -0.1) is 0 Å². The predicted octanol–water partition coefficient (Wildman–Crippen LogP) is 1.70. The van der Waals surface area contributed by atoms with E-state index in [9.17, 15) is 8.42 Å². The summed E-state index contributed by atoms with van der Waals surface area (Å²) in [5, 5.41) is 0. The van der Waals surface area contributed by atoms with Crippen LogP contribution in [0.5, 0.6) is 0 Å². The van der Waals surface area contributed by atoms with Crippen LogP contribution >= 0.6 is 11.8 Å². The maximum absolute atomic E-state index is 12.5. The molecule has 0 saturated carbocycles. The Morgan fingerprint density at radius 1 is 1.44 bits per heavy atom. The molecule has 1 aromatic carbocycles. The Hall–Kier alpha value is -0.720. The van der Waals surface area contributed by atoms with E-state index in [1.54, 1.807) is 37.0 Å². The summed E-state index contributed by atoms with van der Waals surface area (Å²) < 4.78 is 26.4. The van der Waals surface area contributed by atoms with Gasteiger partial charge in [0.15, 0.2) is 0 Å². The maximum Gasteiger partial charge on any atom is 0.245 e. The quantitative estimate of drug-likeness (QED) is 0.859. The molecule has 1 atom stereocenters. The zero-order valence-electron chi connectivity index (χ0n) is 10.6. The van der Waals surface area contributed by atoms with Gasteiger partial charge >= 0.3 is 0 Å². The van der Waals surface area contributed by atoms with Crippen molar-refractivity contribution in [3.8, 4) is 0 Å². The summed E-state index contributed by atoms with van der Waals surface area (Å²) in [6.07, 6.45) is 0.909. The lowest BCUT2D eigenvalue weighted by molar-refractivity contribution is 0.395. The lowest BCUT2D eigenvalue weighted by atomic mass is 10.2. The molecule has 1 aliphatic heterocycles. The standard InChI is InChI=1S/C12H18N2O2S2/c1-9-3-4-12(11(13)7-9)18(15,16)14(2)10-5-6-17-8-10/h3-4,7,10H,5-6,8,13H2,1-2H3. The molecule has 1 heterocycles. The number of nitrogens with zero attached hydrogens (tertiary/aromatic N) is 1. The lowest BCUT2D eigenvalue weighted by Gasteiger charge is -2.23. The van der Waals surface area contributed by atoms with Crippen LogP contribution in [-0.4, -0.2) is 37.3 Å². The second-order valence-corrected chi connectivity index (χ2v) is 7.70. The van der Waals surface area contributed by atoms with E-state index in [0.29, 0.717) is 5.69 Å². The van der Waals surface area contributed by atoms with Gasteiger partial charge in [0.1, 0.15) is 4.90 Å². The van der Waals surface area contributed by atoms with E-state index in [0.717, 1.165) is 23.5 Å². The fourth-order valence-electron chi connectivity index (χ4n) is 2.06. The second kappa shape index (κ2) is 5.11. The van der Waals surface area contributed by atoms with E-state index in [2.05, 4.69) is 0 Å². The van der Waals surface area contributed by atoms with Crippen molar-refractivity contribution in [1.29, 1.82) is 0 Å². The molecular formula is C12H18N2O2S2. The minimum atomic E-state index is -3.47. The summed E-state index contributed by atoms with van der Waals surface area (Å²) in [6, 6.07) is 5.16. The molecule has 18 heavy (non-hydrogen) atoms. The monoisotopic (exact) mass is 286 g/mol. The van der Waals surface area contributed by atoms with Gasteiger partial charge in [-0.25, -0.2) is 8.42 Å². The van der Waals surface area contributed by atoms with Gasteiger partial charge in [0.25, 0.3) is 0 Å². The van der Waals surface area contributed by atoms with E-state index in [-0.39, 0.29) is 10.9 Å². The number of nitrogens with two attached hydrogens (primary N) is 1. The molecule has 6 heteroatoms. The third kappa shape index (κ3) is 2.50. The predicted molar refractivity (Wildman–Crippen MR) is 76.3 cm³/mol. The summed E-state index contributed by atoms with van der Waals surface area (Å²) in [7, 11) is -1.83. The molecule has 1 fully saturated rings. The Morgan fingerprint density at radius 3 is 2.72 bits per heavy atom. The summed E-state index contributed by atoms with van der Waals surface area (Å²) in [5.41, 5.74) is 7.12. The van der Waals surface area contributed by atoms with Crippen LogP contribution < -0.4 is 5.73 Å². The number of sulfonamides is 1. The fourth-order valence-corrected chi connectivity index (χ4v) is 4.90. The second-order valence-electron chi connectivity index (χ2n) is 4.58. The Balaban J connectivity index is 2.35. The van der Waals surface area contributed by atoms with Crippen molar-refractivity contribution in [2.45, 2.75) is 24.3 Å². The molecule has 1 aliphatic rings. The van der Waals surface area contributed by atoms with Crippen molar-refractivity contribution in [3.63, 3.8) is 0 Å². The lowest BCUT2D eigenvalue weighted by Crippen LogP contribution is -2.37. The third-order valence-electron chi connectivity index (χ3n) is 3.24.